The largest absolute Gasteiger partial charge is 0.377 e. The summed E-state index contributed by atoms with van der Waals surface area (Å²) in [6.45, 7) is 7.66. The Morgan fingerprint density at radius 3 is 2.94 bits per heavy atom. The van der Waals surface area contributed by atoms with E-state index in [2.05, 4.69) is 45.9 Å². The van der Waals surface area contributed by atoms with Crippen LogP contribution in [0, 0.1) is 18.4 Å². The summed E-state index contributed by atoms with van der Waals surface area (Å²) in [5.74, 6) is 1.64. The number of amides is 1. The maximum absolute atomic E-state index is 12.2. The first-order valence-electron chi connectivity index (χ1n) is 12.5. The summed E-state index contributed by atoms with van der Waals surface area (Å²) in [4.78, 5) is 16.6. The van der Waals surface area contributed by atoms with E-state index in [-0.39, 0.29) is 11.9 Å². The molecule has 0 bridgehead atoms. The van der Waals surface area contributed by atoms with Gasteiger partial charge in [-0.2, -0.15) is 10.2 Å². The first kappa shape index (κ1) is 23.4. The van der Waals surface area contributed by atoms with Crippen LogP contribution >= 0.6 is 0 Å². The number of ether oxygens (including phenoxy) is 1. The van der Waals surface area contributed by atoms with Crippen LogP contribution in [-0.4, -0.2) is 65.2 Å². The molecular weight excluding hydrogens is 440 g/mol. The van der Waals surface area contributed by atoms with Gasteiger partial charge in [0.2, 0.25) is 5.91 Å². The summed E-state index contributed by atoms with van der Waals surface area (Å²) >= 11 is 0. The minimum atomic E-state index is 0.119. The minimum absolute atomic E-state index is 0.119. The molecule has 1 unspecified atom stereocenters. The number of hydrogen-bond donors (Lipinski definition) is 0. The third kappa shape index (κ3) is 4.65. The van der Waals surface area contributed by atoms with Crippen LogP contribution in [0.5, 0.6) is 0 Å². The second kappa shape index (κ2) is 9.74. The van der Waals surface area contributed by atoms with E-state index >= 15 is 0 Å². The lowest BCUT2D eigenvalue weighted by atomic mass is 9.91. The lowest BCUT2D eigenvalue weighted by molar-refractivity contribution is -0.129. The standard InChI is InChI=1S/C27H34N6O2/c1-5-30(4)28-12-10-21-6-8-22-14-19(2)15-32(25(22)9-7-21)27-24-16-31(20(3)34)13-11-26(24)33(29-27)23-17-35-18-23/h1,6-7,9,12,19,23H,8,10-11,13-18H2,2-4H3/b28-12-. The van der Waals surface area contributed by atoms with E-state index in [0.29, 0.717) is 25.7 Å². The molecule has 8 nitrogen and oxygen atoms in total. The van der Waals surface area contributed by atoms with Crippen LogP contribution in [0.3, 0.4) is 0 Å². The molecule has 1 aromatic rings. The zero-order chi connectivity index (χ0) is 24.5. The van der Waals surface area contributed by atoms with Gasteiger partial charge in [-0.1, -0.05) is 25.5 Å². The number of hydrogen-bond acceptors (Lipinski definition) is 6. The topological polar surface area (TPSA) is 66.2 Å². The predicted octanol–water partition coefficient (Wildman–Crippen LogP) is 3.24. The highest BCUT2D eigenvalue weighted by atomic mass is 16.5. The van der Waals surface area contributed by atoms with Gasteiger partial charge in [-0.25, -0.2) is 5.01 Å². The number of carbonyl (C=O) groups excluding carboxylic acids is 1. The van der Waals surface area contributed by atoms with Gasteiger partial charge in [0.1, 0.15) is 0 Å². The van der Waals surface area contributed by atoms with Crippen molar-refractivity contribution in [1.29, 1.82) is 0 Å². The molecular formula is C27H34N6O2. The lowest BCUT2D eigenvalue weighted by Gasteiger charge is -2.36. The molecule has 8 heteroatoms. The summed E-state index contributed by atoms with van der Waals surface area (Å²) < 4.78 is 7.68. The molecule has 1 atom stereocenters. The highest BCUT2D eigenvalue weighted by Gasteiger charge is 2.35. The van der Waals surface area contributed by atoms with Gasteiger partial charge in [0.05, 0.1) is 25.8 Å². The number of hydrazone groups is 1. The Kier molecular flexibility index (Phi) is 6.52. The molecule has 3 aliphatic heterocycles. The Bertz CT molecular complexity index is 1160. The fraction of sp³-hybridized carbons (Fsp3) is 0.519. The average molecular weight is 475 g/mol. The first-order valence-corrected chi connectivity index (χ1v) is 12.5. The van der Waals surface area contributed by atoms with E-state index < -0.39 is 0 Å². The van der Waals surface area contributed by atoms with Crippen molar-refractivity contribution in [2.45, 2.75) is 52.1 Å². The summed E-state index contributed by atoms with van der Waals surface area (Å²) in [5, 5.41) is 10.9. The van der Waals surface area contributed by atoms with Crippen LogP contribution < -0.4 is 4.90 Å². The minimum Gasteiger partial charge on any atom is -0.377 e. The normalized spacial score (nSPS) is 22.3. The SMILES string of the molecule is C#CN(C)/N=C\CC1=CCC2=C(C=C1)N(c1nn(C3COC3)c3c1CN(C(C)=O)CC3)CC(C)C2. The van der Waals surface area contributed by atoms with Gasteiger partial charge in [-0.3, -0.25) is 9.48 Å². The van der Waals surface area contributed by atoms with Crippen LogP contribution in [0.4, 0.5) is 5.82 Å². The van der Waals surface area contributed by atoms with Crippen LogP contribution in [0.1, 0.15) is 50.4 Å². The molecule has 1 amide bonds. The maximum Gasteiger partial charge on any atom is 0.219 e. The molecule has 0 radical (unpaired) electrons. The third-order valence-corrected chi connectivity index (χ3v) is 7.31. The molecule has 0 aromatic carbocycles. The highest BCUT2D eigenvalue weighted by Crippen LogP contribution is 2.39. The summed E-state index contributed by atoms with van der Waals surface area (Å²) in [6.07, 6.45) is 17.5. The molecule has 1 saturated heterocycles. The number of aromatic nitrogens is 2. The van der Waals surface area contributed by atoms with E-state index in [4.69, 9.17) is 16.3 Å². The van der Waals surface area contributed by atoms with Crippen molar-refractivity contribution >= 4 is 17.9 Å². The second-order valence-electron chi connectivity index (χ2n) is 9.96. The Balaban J connectivity index is 1.47. The molecule has 35 heavy (non-hydrogen) atoms. The maximum atomic E-state index is 12.2. The number of anilines is 1. The van der Waals surface area contributed by atoms with Crippen molar-refractivity contribution < 1.29 is 9.53 Å². The second-order valence-corrected chi connectivity index (χ2v) is 9.96. The predicted molar refractivity (Wildman–Crippen MR) is 137 cm³/mol. The number of allylic oxidation sites excluding steroid dienone is 5. The molecule has 1 aromatic heterocycles. The third-order valence-electron chi connectivity index (χ3n) is 7.31. The van der Waals surface area contributed by atoms with E-state index in [1.807, 2.05) is 11.1 Å². The molecule has 0 N–H and O–H groups in total. The fourth-order valence-corrected chi connectivity index (χ4v) is 5.33. The van der Waals surface area contributed by atoms with Gasteiger partial charge in [-0.05, 0) is 36.0 Å². The number of nitrogens with zero attached hydrogens (tertiary/aromatic N) is 6. The Morgan fingerprint density at radius 1 is 1.40 bits per heavy atom. The highest BCUT2D eigenvalue weighted by molar-refractivity contribution is 5.74. The summed E-state index contributed by atoms with van der Waals surface area (Å²) in [7, 11) is 1.76. The van der Waals surface area contributed by atoms with Crippen molar-refractivity contribution in [1.82, 2.24) is 19.7 Å². The van der Waals surface area contributed by atoms with E-state index in [1.54, 1.807) is 14.0 Å². The molecule has 4 aliphatic rings. The number of rotatable bonds is 5. The van der Waals surface area contributed by atoms with Crippen molar-refractivity contribution in [3.63, 3.8) is 0 Å². The van der Waals surface area contributed by atoms with Gasteiger partial charge < -0.3 is 14.5 Å². The molecule has 5 rings (SSSR count). The zero-order valence-corrected chi connectivity index (χ0v) is 20.9. The number of terminal acetylenes is 1. The molecule has 1 aliphatic carbocycles. The Hall–Kier alpha value is -3.31. The van der Waals surface area contributed by atoms with Gasteiger partial charge in [-0.15, -0.1) is 0 Å². The number of carbonyl (C=O) groups is 1. The van der Waals surface area contributed by atoms with Gasteiger partial charge in [0.15, 0.2) is 5.82 Å². The van der Waals surface area contributed by atoms with Crippen molar-refractivity contribution in [3.8, 4) is 12.5 Å². The quantitative estimate of drug-likeness (QED) is 0.284. The van der Waals surface area contributed by atoms with Crippen molar-refractivity contribution in [3.05, 3.63) is 46.3 Å². The fourth-order valence-electron chi connectivity index (χ4n) is 5.33. The van der Waals surface area contributed by atoms with Crippen LogP contribution in [0.2, 0.25) is 0 Å². The van der Waals surface area contributed by atoms with Crippen molar-refractivity contribution in [2.24, 2.45) is 11.0 Å². The molecule has 1 fully saturated rings. The monoisotopic (exact) mass is 474 g/mol. The summed E-state index contributed by atoms with van der Waals surface area (Å²) in [6, 6.07) is 2.77. The van der Waals surface area contributed by atoms with E-state index in [0.717, 1.165) is 44.6 Å². The summed E-state index contributed by atoms with van der Waals surface area (Å²) in [5.41, 5.74) is 6.35. The molecule has 4 heterocycles. The van der Waals surface area contributed by atoms with Crippen LogP contribution in [0.25, 0.3) is 0 Å². The van der Waals surface area contributed by atoms with E-state index in [9.17, 15) is 4.79 Å². The van der Waals surface area contributed by atoms with Gasteiger partial charge in [0, 0.05) is 69.1 Å². The molecule has 184 valence electrons. The first-order chi connectivity index (χ1) is 16.9. The van der Waals surface area contributed by atoms with Crippen LogP contribution in [0.15, 0.2) is 40.2 Å². The Morgan fingerprint density at radius 2 is 2.23 bits per heavy atom. The zero-order valence-electron chi connectivity index (χ0n) is 20.9. The molecule has 0 spiro atoms. The lowest BCUT2D eigenvalue weighted by Crippen LogP contribution is -2.38. The van der Waals surface area contributed by atoms with Crippen molar-refractivity contribution in [2.75, 3.05) is 38.3 Å². The van der Waals surface area contributed by atoms with Crippen LogP contribution in [-0.2, 0) is 22.5 Å². The molecule has 0 saturated carbocycles. The number of fused-ring (bicyclic) bond motifs is 1. The van der Waals surface area contributed by atoms with E-state index in [1.165, 1.54) is 33.1 Å². The van der Waals surface area contributed by atoms with Gasteiger partial charge in [0.25, 0.3) is 0 Å². The van der Waals surface area contributed by atoms with Gasteiger partial charge >= 0.3 is 0 Å². The Labute approximate surface area is 207 Å². The smallest absolute Gasteiger partial charge is 0.219 e. The average Bonchev–Trinajstić information content (AvgIpc) is 3.04.